The highest BCUT2D eigenvalue weighted by Crippen LogP contribution is 2.07. The molecule has 0 fully saturated rings. The normalized spacial score (nSPS) is 13.0. The van der Waals surface area contributed by atoms with Gasteiger partial charge < -0.3 is 15.4 Å². The van der Waals surface area contributed by atoms with E-state index in [1.807, 2.05) is 0 Å². The van der Waals surface area contributed by atoms with Gasteiger partial charge in [0.1, 0.15) is 0 Å². The van der Waals surface area contributed by atoms with E-state index in [1.165, 1.54) is 5.56 Å². The molecular weight excluding hydrogens is 324 g/mol. The van der Waals surface area contributed by atoms with E-state index < -0.39 is 0 Å². The minimum absolute atomic E-state index is 0.514. The van der Waals surface area contributed by atoms with Gasteiger partial charge in [-0.05, 0) is 52.1 Å². The van der Waals surface area contributed by atoms with Crippen molar-refractivity contribution in [1.82, 2.24) is 15.5 Å². The van der Waals surface area contributed by atoms with Crippen molar-refractivity contribution in [2.24, 2.45) is 4.99 Å². The van der Waals surface area contributed by atoms with E-state index in [4.69, 9.17) is 4.74 Å². The summed E-state index contributed by atoms with van der Waals surface area (Å²) in [4.78, 5) is 7.06. The molecule has 0 radical (unpaired) electrons. The Morgan fingerprint density at radius 3 is 2.62 bits per heavy atom. The molecule has 1 aromatic carbocycles. The van der Waals surface area contributed by atoms with Crippen LogP contribution >= 0.6 is 0 Å². The maximum Gasteiger partial charge on any atom is 0.191 e. The maximum atomic E-state index is 5.08. The zero-order chi connectivity index (χ0) is 19.0. The van der Waals surface area contributed by atoms with Gasteiger partial charge in [-0.15, -0.1) is 0 Å². The molecule has 1 atom stereocenters. The zero-order valence-corrected chi connectivity index (χ0v) is 17.1. The number of hydrogen-bond acceptors (Lipinski definition) is 3. The second-order valence-corrected chi connectivity index (χ2v) is 6.78. The smallest absolute Gasteiger partial charge is 0.191 e. The minimum atomic E-state index is 0.514. The molecule has 0 aromatic heterocycles. The molecule has 0 aliphatic heterocycles. The largest absolute Gasteiger partial charge is 0.385 e. The fraction of sp³-hybridized carbons (Fsp3) is 0.667. The third kappa shape index (κ3) is 10.4. The second kappa shape index (κ2) is 14.6. The van der Waals surface area contributed by atoms with Crippen molar-refractivity contribution in [1.29, 1.82) is 0 Å². The Morgan fingerprint density at radius 1 is 1.15 bits per heavy atom. The highest BCUT2D eigenvalue weighted by molar-refractivity contribution is 5.79. The Balaban J connectivity index is 2.27. The number of ether oxygens (including phenoxy) is 1. The van der Waals surface area contributed by atoms with E-state index in [0.29, 0.717) is 6.04 Å². The van der Waals surface area contributed by atoms with Crippen molar-refractivity contribution in [2.75, 3.05) is 40.4 Å². The summed E-state index contributed by atoms with van der Waals surface area (Å²) in [6.45, 7) is 8.89. The van der Waals surface area contributed by atoms with Gasteiger partial charge >= 0.3 is 0 Å². The summed E-state index contributed by atoms with van der Waals surface area (Å²) in [5, 5.41) is 6.79. The van der Waals surface area contributed by atoms with Crippen LogP contribution < -0.4 is 10.6 Å². The zero-order valence-electron chi connectivity index (χ0n) is 17.1. The number of benzene rings is 1. The van der Waals surface area contributed by atoms with Crippen LogP contribution in [0.3, 0.4) is 0 Å². The third-order valence-corrected chi connectivity index (χ3v) is 4.50. The molecule has 1 aromatic rings. The lowest BCUT2D eigenvalue weighted by Crippen LogP contribution is -2.40. The van der Waals surface area contributed by atoms with Crippen LogP contribution in [0.5, 0.6) is 0 Å². The molecule has 1 rings (SSSR count). The molecule has 0 heterocycles. The molecule has 0 aliphatic rings. The van der Waals surface area contributed by atoms with Crippen molar-refractivity contribution < 1.29 is 4.74 Å². The van der Waals surface area contributed by atoms with Gasteiger partial charge in [-0.2, -0.15) is 0 Å². The lowest BCUT2D eigenvalue weighted by atomic mass is 10.1. The van der Waals surface area contributed by atoms with Crippen LogP contribution in [0.2, 0.25) is 0 Å². The van der Waals surface area contributed by atoms with Gasteiger partial charge in [-0.25, -0.2) is 0 Å². The fourth-order valence-electron chi connectivity index (χ4n) is 2.71. The molecule has 1 unspecified atom stereocenters. The first-order valence-corrected chi connectivity index (χ1v) is 9.92. The Kier molecular flexibility index (Phi) is 12.6. The first-order valence-electron chi connectivity index (χ1n) is 9.92. The topological polar surface area (TPSA) is 48.9 Å². The van der Waals surface area contributed by atoms with Gasteiger partial charge in [-0.3, -0.25) is 9.89 Å². The number of nitrogens with zero attached hydrogens (tertiary/aromatic N) is 2. The van der Waals surface area contributed by atoms with E-state index in [1.54, 1.807) is 7.11 Å². The van der Waals surface area contributed by atoms with E-state index >= 15 is 0 Å². The van der Waals surface area contributed by atoms with Crippen molar-refractivity contribution in [2.45, 2.75) is 52.1 Å². The number of nitrogens with one attached hydrogen (secondary N) is 2. The monoisotopic (exact) mass is 362 g/mol. The van der Waals surface area contributed by atoms with E-state index in [2.05, 4.69) is 71.8 Å². The summed E-state index contributed by atoms with van der Waals surface area (Å²) >= 11 is 0. The van der Waals surface area contributed by atoms with Crippen LogP contribution in [0.1, 0.15) is 45.1 Å². The van der Waals surface area contributed by atoms with Gasteiger partial charge in [0.15, 0.2) is 5.96 Å². The number of hydrogen-bond donors (Lipinski definition) is 2. The first-order chi connectivity index (χ1) is 12.7. The fourth-order valence-corrected chi connectivity index (χ4v) is 2.71. The maximum absolute atomic E-state index is 5.08. The molecular formula is C21H38N4O. The molecule has 0 aliphatic carbocycles. The standard InChI is InChI=1S/C21H38N4O/c1-5-22-21(23-15-10-7-11-17-26-4)24-16-14-19(2)25(3)18-20-12-8-6-9-13-20/h6,8-9,12-13,19H,5,7,10-11,14-18H2,1-4H3,(H2,22,23,24). The van der Waals surface area contributed by atoms with Crippen molar-refractivity contribution in [3.63, 3.8) is 0 Å². The van der Waals surface area contributed by atoms with Crippen LogP contribution in [0, 0.1) is 0 Å². The van der Waals surface area contributed by atoms with Crippen LogP contribution in [-0.4, -0.2) is 57.3 Å². The molecule has 5 nitrogen and oxygen atoms in total. The van der Waals surface area contributed by atoms with Crippen molar-refractivity contribution in [3.8, 4) is 0 Å². The quantitative estimate of drug-likeness (QED) is 0.321. The molecule has 148 valence electrons. The molecule has 5 heteroatoms. The molecule has 0 amide bonds. The third-order valence-electron chi connectivity index (χ3n) is 4.50. The van der Waals surface area contributed by atoms with Crippen LogP contribution in [0.25, 0.3) is 0 Å². The van der Waals surface area contributed by atoms with E-state index in [9.17, 15) is 0 Å². The summed E-state index contributed by atoms with van der Waals surface area (Å²) < 4.78 is 5.08. The molecule has 0 spiro atoms. The average molecular weight is 363 g/mol. The van der Waals surface area contributed by atoms with Crippen LogP contribution in [0.4, 0.5) is 0 Å². The summed E-state index contributed by atoms with van der Waals surface area (Å²) in [5.41, 5.74) is 1.36. The number of rotatable bonds is 13. The van der Waals surface area contributed by atoms with Gasteiger partial charge in [0.05, 0.1) is 0 Å². The second-order valence-electron chi connectivity index (χ2n) is 6.78. The van der Waals surface area contributed by atoms with Crippen LogP contribution in [0.15, 0.2) is 35.3 Å². The summed E-state index contributed by atoms with van der Waals surface area (Å²) in [6, 6.07) is 11.2. The minimum Gasteiger partial charge on any atom is -0.385 e. The Labute approximate surface area is 160 Å². The Morgan fingerprint density at radius 2 is 1.92 bits per heavy atom. The highest BCUT2D eigenvalue weighted by atomic mass is 16.5. The Hall–Kier alpha value is -1.59. The molecule has 26 heavy (non-hydrogen) atoms. The van der Waals surface area contributed by atoms with Crippen molar-refractivity contribution in [3.05, 3.63) is 35.9 Å². The SMILES string of the molecule is CCNC(=NCCCCCOC)NCCC(C)N(C)Cc1ccccc1. The lowest BCUT2D eigenvalue weighted by molar-refractivity contribution is 0.192. The highest BCUT2D eigenvalue weighted by Gasteiger charge is 2.09. The van der Waals surface area contributed by atoms with Gasteiger partial charge in [0, 0.05) is 45.9 Å². The molecule has 2 N–H and O–H groups in total. The first kappa shape index (κ1) is 22.5. The predicted octanol–water partition coefficient (Wildman–Crippen LogP) is 3.27. The summed E-state index contributed by atoms with van der Waals surface area (Å²) in [5.74, 6) is 0.928. The van der Waals surface area contributed by atoms with E-state index in [-0.39, 0.29) is 0 Å². The number of methoxy groups -OCH3 is 1. The predicted molar refractivity (Wildman–Crippen MR) is 112 cm³/mol. The van der Waals surface area contributed by atoms with Gasteiger partial charge in [0.25, 0.3) is 0 Å². The molecule has 0 saturated heterocycles. The van der Waals surface area contributed by atoms with E-state index in [0.717, 1.165) is 64.4 Å². The van der Waals surface area contributed by atoms with Crippen molar-refractivity contribution >= 4 is 5.96 Å². The average Bonchev–Trinajstić information content (AvgIpc) is 2.65. The summed E-state index contributed by atoms with van der Waals surface area (Å²) in [7, 11) is 3.95. The van der Waals surface area contributed by atoms with Gasteiger partial charge in [-0.1, -0.05) is 30.3 Å². The molecule has 0 saturated carbocycles. The molecule has 0 bridgehead atoms. The van der Waals surface area contributed by atoms with Crippen LogP contribution in [-0.2, 0) is 11.3 Å². The number of aliphatic imine (C=N–C) groups is 1. The number of unbranched alkanes of at least 4 members (excludes halogenated alkanes) is 2. The number of guanidine groups is 1. The lowest BCUT2D eigenvalue weighted by Gasteiger charge is -2.25. The summed E-state index contributed by atoms with van der Waals surface area (Å²) in [6.07, 6.45) is 4.47. The van der Waals surface area contributed by atoms with Gasteiger partial charge in [0.2, 0.25) is 0 Å². The Bertz CT molecular complexity index is 478.